The molecule has 6 nitrogen and oxygen atoms in total. The fraction of sp³-hybridized carbons (Fsp3) is 0.235. The number of benzene rings is 4. The number of hydrogen-bond acceptors (Lipinski definition) is 6. The van der Waals surface area contributed by atoms with Gasteiger partial charge >= 0.3 is 0 Å². The Balaban J connectivity index is 1.90. The molecule has 0 saturated carbocycles. The first kappa shape index (κ1) is 29.9. The van der Waals surface area contributed by atoms with Gasteiger partial charge in [-0.3, -0.25) is 0 Å². The molecule has 0 amide bonds. The maximum atomic E-state index is 6.05. The van der Waals surface area contributed by atoms with Crippen molar-refractivity contribution in [3.8, 4) is 34.5 Å². The number of allylic oxidation sites excluding steroid dienone is 1. The highest BCUT2D eigenvalue weighted by atomic mass is 79.9. The number of fused-ring (bicyclic) bond motifs is 1. The van der Waals surface area contributed by atoms with Crippen LogP contribution in [-0.4, -0.2) is 42.7 Å². The molecule has 0 bridgehead atoms. The summed E-state index contributed by atoms with van der Waals surface area (Å²) in [5.41, 5.74) is 6.28. The van der Waals surface area contributed by atoms with E-state index in [0.717, 1.165) is 59.6 Å². The number of methoxy groups -OCH3 is 6. The lowest BCUT2D eigenvalue weighted by Crippen LogP contribution is -2.10. The van der Waals surface area contributed by atoms with E-state index >= 15 is 0 Å². The van der Waals surface area contributed by atoms with Crippen molar-refractivity contribution in [2.24, 2.45) is 0 Å². The minimum absolute atomic E-state index is 0.138. The average Bonchev–Trinajstić information content (AvgIpc) is 3.36. The lowest BCUT2D eigenvalue weighted by molar-refractivity contribution is 0.388. The maximum Gasteiger partial charge on any atom is 0.137 e. The van der Waals surface area contributed by atoms with Gasteiger partial charge in [0, 0.05) is 35.1 Å². The number of hydrogen-bond donors (Lipinski definition) is 0. The summed E-state index contributed by atoms with van der Waals surface area (Å²) >= 11 is 7.79. The Morgan fingerprint density at radius 1 is 0.548 bits per heavy atom. The number of rotatable bonds is 9. The third kappa shape index (κ3) is 5.34. The van der Waals surface area contributed by atoms with Crippen molar-refractivity contribution in [1.29, 1.82) is 0 Å². The number of halogens is 2. The van der Waals surface area contributed by atoms with Gasteiger partial charge in [-0.2, -0.15) is 0 Å². The van der Waals surface area contributed by atoms with Crippen molar-refractivity contribution in [1.82, 2.24) is 0 Å². The summed E-state index contributed by atoms with van der Waals surface area (Å²) in [6.07, 6.45) is 2.22. The molecule has 1 aliphatic rings. The summed E-state index contributed by atoms with van der Waals surface area (Å²) in [5.74, 6) is 4.06. The molecule has 8 heteroatoms. The molecule has 0 spiro atoms. The second kappa shape index (κ2) is 12.7. The topological polar surface area (TPSA) is 55.4 Å². The predicted molar refractivity (Wildman–Crippen MR) is 173 cm³/mol. The van der Waals surface area contributed by atoms with Crippen molar-refractivity contribution < 1.29 is 28.4 Å². The number of ether oxygens (including phenoxy) is 6. The van der Waals surface area contributed by atoms with Crippen LogP contribution in [0.25, 0.3) is 11.6 Å². The quantitative estimate of drug-likeness (QED) is 0.175. The summed E-state index contributed by atoms with van der Waals surface area (Å²) in [6, 6.07) is 22.1. The smallest absolute Gasteiger partial charge is 0.137 e. The van der Waals surface area contributed by atoms with Crippen molar-refractivity contribution in [3.63, 3.8) is 0 Å². The van der Waals surface area contributed by atoms with E-state index in [0.29, 0.717) is 17.2 Å². The zero-order chi connectivity index (χ0) is 30.0. The van der Waals surface area contributed by atoms with E-state index in [1.807, 2.05) is 36.4 Å². The molecule has 0 radical (unpaired) electrons. The standard InChI is InChI=1S/C34H32Br2O6/c1-37-21-11-7-19(8-12-21)15-24-30(25-16-23(39-3)17-27(41-5)33(25)35)29(20-9-13-22(38-2)14-10-20)32-26(40-4)18-28(42-6)34(36)31(24)32/h7-18,29-30H,1-6H3/b24-15+/t29-,30-/m0/s1. The third-order valence-electron chi connectivity index (χ3n) is 7.69. The molecule has 0 aromatic heterocycles. The second-order valence-electron chi connectivity index (χ2n) is 9.72. The van der Waals surface area contributed by atoms with Gasteiger partial charge in [-0.1, -0.05) is 30.3 Å². The predicted octanol–water partition coefficient (Wildman–Crippen LogP) is 8.73. The summed E-state index contributed by atoms with van der Waals surface area (Å²) in [6.45, 7) is 0. The Labute approximate surface area is 263 Å². The highest BCUT2D eigenvalue weighted by molar-refractivity contribution is 9.11. The Kier molecular flexibility index (Phi) is 9.04. The third-order valence-corrected chi connectivity index (χ3v) is 9.32. The van der Waals surface area contributed by atoms with Crippen LogP contribution in [0.2, 0.25) is 0 Å². The summed E-state index contributed by atoms with van der Waals surface area (Å²) in [5, 5.41) is 0. The molecule has 4 aromatic rings. The summed E-state index contributed by atoms with van der Waals surface area (Å²) in [4.78, 5) is 0. The zero-order valence-electron chi connectivity index (χ0n) is 24.3. The molecule has 4 aromatic carbocycles. The molecule has 0 saturated heterocycles. The van der Waals surface area contributed by atoms with Crippen LogP contribution in [0.1, 0.15) is 39.7 Å². The first-order valence-corrected chi connectivity index (χ1v) is 14.8. The first-order valence-electron chi connectivity index (χ1n) is 13.2. The zero-order valence-corrected chi connectivity index (χ0v) is 27.5. The van der Waals surface area contributed by atoms with E-state index in [1.165, 1.54) is 0 Å². The molecule has 0 aliphatic heterocycles. The summed E-state index contributed by atoms with van der Waals surface area (Å²) < 4.78 is 36.0. The molecule has 5 rings (SSSR count). The maximum absolute atomic E-state index is 6.05. The van der Waals surface area contributed by atoms with Crippen molar-refractivity contribution in [2.75, 3.05) is 42.7 Å². The molecule has 1 aliphatic carbocycles. The molecule has 0 unspecified atom stereocenters. The fourth-order valence-electron chi connectivity index (χ4n) is 5.68. The van der Waals surface area contributed by atoms with Gasteiger partial charge in [0.05, 0.1) is 51.6 Å². The van der Waals surface area contributed by atoms with E-state index in [2.05, 4.69) is 68.3 Å². The minimum Gasteiger partial charge on any atom is -0.497 e. The van der Waals surface area contributed by atoms with Gasteiger partial charge in [-0.25, -0.2) is 0 Å². The van der Waals surface area contributed by atoms with Gasteiger partial charge < -0.3 is 28.4 Å². The largest absolute Gasteiger partial charge is 0.497 e. The van der Waals surface area contributed by atoms with Crippen LogP contribution in [-0.2, 0) is 0 Å². The molecule has 218 valence electrons. The van der Waals surface area contributed by atoms with E-state index in [9.17, 15) is 0 Å². The van der Waals surface area contributed by atoms with E-state index in [1.54, 1.807) is 42.7 Å². The molecule has 0 heterocycles. The minimum atomic E-state index is -0.175. The monoisotopic (exact) mass is 694 g/mol. The van der Waals surface area contributed by atoms with Gasteiger partial charge in [0.2, 0.25) is 0 Å². The lowest BCUT2D eigenvalue weighted by atomic mass is 9.79. The normalized spacial score (nSPS) is 16.6. The molecular weight excluding hydrogens is 664 g/mol. The van der Waals surface area contributed by atoms with Crippen LogP contribution in [0.5, 0.6) is 34.5 Å². The van der Waals surface area contributed by atoms with Crippen molar-refractivity contribution >= 4 is 43.5 Å². The van der Waals surface area contributed by atoms with Crippen LogP contribution in [0.4, 0.5) is 0 Å². The van der Waals surface area contributed by atoms with Crippen LogP contribution in [0, 0.1) is 0 Å². The SMILES string of the molecule is COc1ccc(/C=C2/c3c(Br)c(OC)cc(OC)c3[C@@H](c3ccc(OC)cc3)[C@@H]2c2cc(OC)cc(OC)c2Br)cc1. The van der Waals surface area contributed by atoms with Crippen molar-refractivity contribution in [3.05, 3.63) is 103 Å². The van der Waals surface area contributed by atoms with Crippen LogP contribution in [0.15, 0.2) is 75.7 Å². The highest BCUT2D eigenvalue weighted by Crippen LogP contribution is 2.62. The molecule has 0 fully saturated rings. The fourth-order valence-corrected chi connectivity index (χ4v) is 7.04. The van der Waals surface area contributed by atoms with Gasteiger partial charge in [-0.15, -0.1) is 0 Å². The Hall–Kier alpha value is -3.62. The van der Waals surface area contributed by atoms with E-state index in [-0.39, 0.29) is 11.8 Å². The van der Waals surface area contributed by atoms with Gasteiger partial charge in [0.25, 0.3) is 0 Å². The van der Waals surface area contributed by atoms with Gasteiger partial charge in [0.15, 0.2) is 0 Å². The first-order chi connectivity index (χ1) is 20.4. The van der Waals surface area contributed by atoms with Crippen LogP contribution < -0.4 is 28.4 Å². The van der Waals surface area contributed by atoms with E-state index in [4.69, 9.17) is 28.4 Å². The van der Waals surface area contributed by atoms with Crippen LogP contribution in [0.3, 0.4) is 0 Å². The summed E-state index contributed by atoms with van der Waals surface area (Å²) in [7, 11) is 10.0. The molecule has 42 heavy (non-hydrogen) atoms. The Morgan fingerprint density at radius 2 is 1.10 bits per heavy atom. The lowest BCUT2D eigenvalue weighted by Gasteiger charge is -2.26. The van der Waals surface area contributed by atoms with Gasteiger partial charge in [-0.05, 0) is 84.5 Å². The van der Waals surface area contributed by atoms with Crippen molar-refractivity contribution in [2.45, 2.75) is 11.8 Å². The molecule has 0 N–H and O–H groups in total. The molecular formula is C34H32Br2O6. The Morgan fingerprint density at radius 3 is 1.64 bits per heavy atom. The van der Waals surface area contributed by atoms with Gasteiger partial charge in [0.1, 0.15) is 34.5 Å². The van der Waals surface area contributed by atoms with E-state index < -0.39 is 0 Å². The average molecular weight is 696 g/mol. The second-order valence-corrected chi connectivity index (χ2v) is 11.3. The molecule has 2 atom stereocenters. The Bertz CT molecular complexity index is 1610. The highest BCUT2D eigenvalue weighted by Gasteiger charge is 2.44. The van der Waals surface area contributed by atoms with Crippen LogP contribution >= 0.6 is 31.9 Å².